The van der Waals surface area contributed by atoms with Crippen molar-refractivity contribution in [1.82, 2.24) is 10.3 Å². The average molecular weight is 500 g/mol. The van der Waals surface area contributed by atoms with Crippen LogP contribution in [0.5, 0.6) is 0 Å². The van der Waals surface area contributed by atoms with E-state index in [9.17, 15) is 23.2 Å². The van der Waals surface area contributed by atoms with E-state index in [0.717, 1.165) is 54.8 Å². The third-order valence-corrected chi connectivity index (χ3v) is 9.17. The third kappa shape index (κ3) is 4.80. The van der Waals surface area contributed by atoms with E-state index in [2.05, 4.69) is 17.2 Å². The normalized spacial score (nSPS) is 27.9. The van der Waals surface area contributed by atoms with E-state index in [1.165, 1.54) is 19.3 Å². The quantitative estimate of drug-likeness (QED) is 0.464. The first-order chi connectivity index (χ1) is 16.7. The zero-order chi connectivity index (χ0) is 24.8. The number of hydrogen-bond donors (Lipinski definition) is 1. The van der Waals surface area contributed by atoms with Crippen molar-refractivity contribution in [1.29, 1.82) is 5.26 Å². The first kappa shape index (κ1) is 24.2. The number of carbonyl (C=O) groups is 1. The molecule has 1 heterocycles. The molecule has 35 heavy (non-hydrogen) atoms. The molecule has 4 bridgehead atoms. The van der Waals surface area contributed by atoms with Crippen LogP contribution in [0.2, 0.25) is 0 Å². The molecule has 2 aromatic rings. The molecule has 0 spiro atoms. The minimum Gasteiger partial charge on any atom is -0.352 e. The van der Waals surface area contributed by atoms with Crippen LogP contribution in [-0.4, -0.2) is 22.7 Å². The summed E-state index contributed by atoms with van der Waals surface area (Å²) in [4.78, 5) is 17.2. The van der Waals surface area contributed by atoms with Crippen molar-refractivity contribution in [2.75, 3.05) is 5.75 Å². The zero-order valence-electron chi connectivity index (χ0n) is 19.6. The van der Waals surface area contributed by atoms with Crippen LogP contribution >= 0.6 is 11.8 Å². The molecule has 0 unspecified atom stereocenters. The van der Waals surface area contributed by atoms with Crippen LogP contribution in [0.25, 0.3) is 11.3 Å². The summed E-state index contributed by atoms with van der Waals surface area (Å²) < 4.78 is 41.3. The van der Waals surface area contributed by atoms with Gasteiger partial charge in [-0.25, -0.2) is 4.98 Å². The molecule has 0 saturated heterocycles. The number of nitrogens with zero attached hydrogens (tertiary/aromatic N) is 2. The fourth-order valence-corrected chi connectivity index (χ4v) is 7.81. The van der Waals surface area contributed by atoms with Crippen LogP contribution < -0.4 is 5.32 Å². The van der Waals surface area contributed by atoms with E-state index in [1.54, 1.807) is 36.4 Å². The Morgan fingerprint density at radius 3 is 2.31 bits per heavy atom. The fourth-order valence-electron chi connectivity index (χ4n) is 6.99. The maximum atomic E-state index is 13.8. The lowest BCUT2D eigenvalue weighted by Crippen LogP contribution is -2.56. The summed E-state index contributed by atoms with van der Waals surface area (Å²) in [6.45, 7) is 2.08. The third-order valence-electron chi connectivity index (χ3n) is 8.19. The highest BCUT2D eigenvalue weighted by Gasteiger charge is 2.53. The number of nitriles is 1. The van der Waals surface area contributed by atoms with E-state index in [0.29, 0.717) is 5.56 Å². The number of amides is 1. The fraction of sp³-hybridized carbons (Fsp3) is 0.519. The Bertz CT molecular complexity index is 1120. The van der Waals surface area contributed by atoms with Gasteiger partial charge in [0.25, 0.3) is 0 Å². The van der Waals surface area contributed by atoms with E-state index >= 15 is 0 Å². The van der Waals surface area contributed by atoms with Crippen LogP contribution in [0.1, 0.15) is 56.6 Å². The summed E-state index contributed by atoms with van der Waals surface area (Å²) in [5, 5.41) is 12.6. The van der Waals surface area contributed by atoms with Crippen molar-refractivity contribution >= 4 is 17.7 Å². The molecule has 8 heteroatoms. The van der Waals surface area contributed by atoms with Gasteiger partial charge in [-0.1, -0.05) is 42.1 Å². The summed E-state index contributed by atoms with van der Waals surface area (Å²) in [6.07, 6.45) is 2.71. The lowest BCUT2D eigenvalue weighted by Gasteiger charge is -2.59. The summed E-state index contributed by atoms with van der Waals surface area (Å²) in [5.41, 5.74) is -0.782. The van der Waals surface area contributed by atoms with Crippen molar-refractivity contribution < 1.29 is 18.0 Å². The molecule has 4 aliphatic rings. The van der Waals surface area contributed by atoms with Gasteiger partial charge in [-0.2, -0.15) is 18.4 Å². The van der Waals surface area contributed by atoms with Gasteiger partial charge in [0.2, 0.25) is 5.91 Å². The predicted octanol–water partition coefficient (Wildman–Crippen LogP) is 6.45. The minimum absolute atomic E-state index is 0.0220. The molecule has 6 rings (SSSR count). The smallest absolute Gasteiger partial charge is 0.352 e. The minimum atomic E-state index is -4.71. The van der Waals surface area contributed by atoms with E-state index in [-0.39, 0.29) is 33.8 Å². The molecule has 184 valence electrons. The van der Waals surface area contributed by atoms with Crippen LogP contribution in [0, 0.1) is 34.5 Å². The highest BCUT2D eigenvalue weighted by molar-refractivity contribution is 8.00. The van der Waals surface area contributed by atoms with E-state index in [4.69, 9.17) is 0 Å². The van der Waals surface area contributed by atoms with Gasteiger partial charge in [0.1, 0.15) is 11.1 Å². The summed E-state index contributed by atoms with van der Waals surface area (Å²) in [7, 11) is 0. The number of thioether (sulfide) groups is 1. The van der Waals surface area contributed by atoms with Crippen LogP contribution in [0.3, 0.4) is 0 Å². The molecule has 1 aromatic carbocycles. The van der Waals surface area contributed by atoms with Crippen molar-refractivity contribution in [3.8, 4) is 17.3 Å². The number of halogens is 3. The van der Waals surface area contributed by atoms with Crippen molar-refractivity contribution in [3.63, 3.8) is 0 Å². The lowest BCUT2D eigenvalue weighted by molar-refractivity contribution is -0.138. The van der Waals surface area contributed by atoms with Crippen LogP contribution in [-0.2, 0) is 11.0 Å². The first-order valence-corrected chi connectivity index (χ1v) is 13.2. The van der Waals surface area contributed by atoms with Gasteiger partial charge in [-0.15, -0.1) is 0 Å². The Morgan fingerprint density at radius 2 is 1.77 bits per heavy atom. The Morgan fingerprint density at radius 1 is 1.17 bits per heavy atom. The topological polar surface area (TPSA) is 65.8 Å². The Balaban J connectivity index is 1.33. The van der Waals surface area contributed by atoms with Crippen molar-refractivity contribution in [3.05, 3.63) is 47.5 Å². The number of hydrogen-bond acceptors (Lipinski definition) is 4. The maximum Gasteiger partial charge on any atom is 0.417 e. The van der Waals surface area contributed by atoms with Crippen LogP contribution in [0.4, 0.5) is 13.2 Å². The number of pyridine rings is 1. The Hall–Kier alpha value is -2.53. The van der Waals surface area contributed by atoms with Gasteiger partial charge in [0.05, 0.1) is 22.6 Å². The van der Waals surface area contributed by atoms with Gasteiger partial charge in [0, 0.05) is 11.6 Å². The molecule has 1 N–H and O–H groups in total. The van der Waals surface area contributed by atoms with E-state index in [1.807, 2.05) is 0 Å². The molecule has 4 aliphatic carbocycles. The van der Waals surface area contributed by atoms with E-state index < -0.39 is 17.3 Å². The molecule has 4 fully saturated rings. The Kier molecular flexibility index (Phi) is 6.33. The number of alkyl halides is 3. The first-order valence-electron chi connectivity index (χ1n) is 12.2. The molecule has 4 nitrogen and oxygen atoms in total. The number of benzene rings is 1. The largest absolute Gasteiger partial charge is 0.417 e. The summed E-state index contributed by atoms with van der Waals surface area (Å²) in [6, 6.07) is 11.1. The monoisotopic (exact) mass is 499 g/mol. The molecule has 4 saturated carbocycles. The molecule has 0 aliphatic heterocycles. The number of aromatic nitrogens is 1. The molecule has 1 amide bonds. The lowest BCUT2D eigenvalue weighted by atomic mass is 9.48. The van der Waals surface area contributed by atoms with Gasteiger partial charge in [-0.3, -0.25) is 4.79 Å². The molecular formula is C27H28F3N3OS. The number of rotatable bonds is 6. The zero-order valence-corrected chi connectivity index (χ0v) is 20.4. The molecule has 1 aromatic heterocycles. The van der Waals surface area contributed by atoms with Crippen molar-refractivity contribution in [2.45, 2.75) is 62.7 Å². The van der Waals surface area contributed by atoms with Gasteiger partial charge in [-0.05, 0) is 74.7 Å². The average Bonchev–Trinajstić information content (AvgIpc) is 2.81. The summed E-state index contributed by atoms with van der Waals surface area (Å²) in [5.74, 6) is 1.97. The van der Waals surface area contributed by atoms with Crippen LogP contribution in [0.15, 0.2) is 41.4 Å². The summed E-state index contributed by atoms with van der Waals surface area (Å²) >= 11 is 0.892. The van der Waals surface area contributed by atoms with Gasteiger partial charge < -0.3 is 5.32 Å². The highest BCUT2D eigenvalue weighted by atomic mass is 32.2. The van der Waals surface area contributed by atoms with Crippen molar-refractivity contribution in [2.24, 2.45) is 23.2 Å². The highest BCUT2D eigenvalue weighted by Crippen LogP contribution is 2.61. The second-order valence-electron chi connectivity index (χ2n) is 10.6. The Labute approximate surface area is 207 Å². The molecule has 0 radical (unpaired) electrons. The predicted molar refractivity (Wildman–Crippen MR) is 128 cm³/mol. The number of carbonyl (C=O) groups excluding carboxylic acids is 1. The second kappa shape index (κ2) is 9.16. The molecular weight excluding hydrogens is 471 g/mol. The standard InChI is InChI=1S/C27H28F3N3OS/c1-16(26-11-17-7-18(12-26)9-19(8-17)13-26)32-24(34)15-35-25-21(14-31)22(27(28,29)30)10-23(33-25)20-5-3-2-4-6-20/h2-6,10,16-19H,7-9,11-13,15H2,1H3,(H,32,34)/t16-,17?,18?,19?,26?/m1/s1. The molecule has 1 atom stereocenters. The maximum absolute atomic E-state index is 13.8. The van der Waals surface area contributed by atoms with Gasteiger partial charge in [0.15, 0.2) is 0 Å². The van der Waals surface area contributed by atoms with Gasteiger partial charge >= 0.3 is 6.18 Å². The second-order valence-corrected chi connectivity index (χ2v) is 11.5. The number of nitrogens with one attached hydrogen (secondary N) is 1. The SMILES string of the molecule is C[C@@H](NC(=O)CSc1nc(-c2ccccc2)cc(C(F)(F)F)c1C#N)C12CC3CC(CC(C3)C1)C2.